The third-order valence-electron chi connectivity index (χ3n) is 4.99. The Morgan fingerprint density at radius 2 is 1.74 bits per heavy atom. The van der Waals surface area contributed by atoms with Crippen molar-refractivity contribution in [3.63, 3.8) is 0 Å². The Balaban J connectivity index is 1.71. The molecule has 2 aromatic rings. The summed E-state index contributed by atoms with van der Waals surface area (Å²) in [5.41, 5.74) is 1.73. The highest BCUT2D eigenvalue weighted by Crippen LogP contribution is 2.28. The average Bonchev–Trinajstić information content (AvgIpc) is 2.69. The molecule has 27 heavy (non-hydrogen) atoms. The first-order valence-corrected chi connectivity index (χ1v) is 11.1. The Hall–Kier alpha value is -2.21. The lowest BCUT2D eigenvalue weighted by molar-refractivity contribution is 0.340. The van der Waals surface area contributed by atoms with Crippen LogP contribution in [-0.2, 0) is 10.0 Å². The minimum Gasteiger partial charge on any atom is -0.494 e. The van der Waals surface area contributed by atoms with Crippen LogP contribution in [0.15, 0.2) is 53.4 Å². The van der Waals surface area contributed by atoms with Crippen LogP contribution in [0.25, 0.3) is 0 Å². The Morgan fingerprint density at radius 1 is 1.04 bits per heavy atom. The van der Waals surface area contributed by atoms with Crippen molar-refractivity contribution in [2.45, 2.75) is 50.5 Å². The predicted octanol–water partition coefficient (Wildman–Crippen LogP) is 4.66. The van der Waals surface area contributed by atoms with Crippen molar-refractivity contribution >= 4 is 21.4 Å². The van der Waals surface area contributed by atoms with Crippen LogP contribution in [0.1, 0.15) is 39.5 Å². The highest BCUT2D eigenvalue weighted by Gasteiger charge is 2.21. The van der Waals surface area contributed by atoms with Crippen molar-refractivity contribution in [3.8, 4) is 5.75 Å². The molecule has 0 amide bonds. The summed E-state index contributed by atoms with van der Waals surface area (Å²) in [6.45, 7) is 5.73. The molecular formula is C21H28N2O3S. The standard InChI is InChI=1S/C21H28N2O3S/c1-3-18-7-5-6-16-23(18)19-10-8-17(9-11-19)22-27(24,25)21-14-12-20(13-15-21)26-4-2/h8-15,18,22H,3-7,16H2,1-2H3. The van der Waals surface area contributed by atoms with E-state index >= 15 is 0 Å². The number of ether oxygens (including phenoxy) is 1. The van der Waals surface area contributed by atoms with Gasteiger partial charge in [-0.1, -0.05) is 6.92 Å². The minimum absolute atomic E-state index is 0.220. The molecule has 1 aliphatic rings. The molecular weight excluding hydrogens is 360 g/mol. The van der Waals surface area contributed by atoms with E-state index in [4.69, 9.17) is 4.74 Å². The van der Waals surface area contributed by atoms with Gasteiger partial charge in [-0.2, -0.15) is 0 Å². The highest BCUT2D eigenvalue weighted by atomic mass is 32.2. The van der Waals surface area contributed by atoms with E-state index in [-0.39, 0.29) is 4.90 Å². The Kier molecular flexibility index (Phi) is 6.26. The second-order valence-corrected chi connectivity index (χ2v) is 8.49. The smallest absolute Gasteiger partial charge is 0.261 e. The molecule has 3 rings (SSSR count). The number of hydrogen-bond acceptors (Lipinski definition) is 4. The van der Waals surface area contributed by atoms with Crippen LogP contribution in [0.2, 0.25) is 0 Å². The number of anilines is 2. The summed E-state index contributed by atoms with van der Waals surface area (Å²) in [7, 11) is -3.62. The van der Waals surface area contributed by atoms with Crippen LogP contribution in [0, 0.1) is 0 Å². The summed E-state index contributed by atoms with van der Waals surface area (Å²) in [5.74, 6) is 0.660. The lowest BCUT2D eigenvalue weighted by Gasteiger charge is -2.37. The van der Waals surface area contributed by atoms with E-state index in [1.54, 1.807) is 24.3 Å². The highest BCUT2D eigenvalue weighted by molar-refractivity contribution is 7.92. The fraction of sp³-hybridized carbons (Fsp3) is 0.429. The molecule has 1 fully saturated rings. The van der Waals surface area contributed by atoms with E-state index < -0.39 is 10.0 Å². The third kappa shape index (κ3) is 4.75. The van der Waals surface area contributed by atoms with Crippen LogP contribution >= 0.6 is 0 Å². The number of sulfonamides is 1. The van der Waals surface area contributed by atoms with Gasteiger partial charge in [0.15, 0.2) is 0 Å². The first-order chi connectivity index (χ1) is 13.0. The summed E-state index contributed by atoms with van der Waals surface area (Å²) < 4.78 is 33.2. The second-order valence-electron chi connectivity index (χ2n) is 6.81. The van der Waals surface area contributed by atoms with Crippen molar-refractivity contribution < 1.29 is 13.2 Å². The Morgan fingerprint density at radius 3 is 2.37 bits per heavy atom. The fourth-order valence-corrected chi connectivity index (χ4v) is 4.64. The van der Waals surface area contributed by atoms with Gasteiger partial charge < -0.3 is 9.64 Å². The molecule has 0 spiro atoms. The van der Waals surface area contributed by atoms with Gasteiger partial charge in [-0.05, 0) is 81.1 Å². The van der Waals surface area contributed by atoms with Crippen LogP contribution in [-0.4, -0.2) is 27.6 Å². The van der Waals surface area contributed by atoms with E-state index in [0.29, 0.717) is 24.1 Å². The molecule has 146 valence electrons. The van der Waals surface area contributed by atoms with Gasteiger partial charge in [0.1, 0.15) is 5.75 Å². The van der Waals surface area contributed by atoms with E-state index in [0.717, 1.165) is 18.7 Å². The summed E-state index contributed by atoms with van der Waals surface area (Å²) >= 11 is 0. The number of benzene rings is 2. The van der Waals surface area contributed by atoms with Crippen LogP contribution in [0.4, 0.5) is 11.4 Å². The second kappa shape index (κ2) is 8.65. The van der Waals surface area contributed by atoms with Crippen LogP contribution in [0.5, 0.6) is 5.75 Å². The van der Waals surface area contributed by atoms with Gasteiger partial charge in [-0.3, -0.25) is 4.72 Å². The number of rotatable bonds is 7. The minimum atomic E-state index is -3.62. The van der Waals surface area contributed by atoms with Crippen LogP contribution in [0.3, 0.4) is 0 Å². The molecule has 2 aromatic carbocycles. The van der Waals surface area contributed by atoms with Gasteiger partial charge in [-0.15, -0.1) is 0 Å². The van der Waals surface area contributed by atoms with Gasteiger partial charge in [0.05, 0.1) is 11.5 Å². The molecule has 0 aliphatic carbocycles. The molecule has 1 aliphatic heterocycles. The quantitative estimate of drug-likeness (QED) is 0.750. The average molecular weight is 389 g/mol. The maximum atomic E-state index is 12.6. The molecule has 5 nitrogen and oxygen atoms in total. The van der Waals surface area contributed by atoms with E-state index in [2.05, 4.69) is 16.5 Å². The van der Waals surface area contributed by atoms with Crippen molar-refractivity contribution in [3.05, 3.63) is 48.5 Å². The Labute approximate surface area is 162 Å². The molecule has 1 atom stereocenters. The van der Waals surface area contributed by atoms with Gasteiger partial charge in [0.25, 0.3) is 10.0 Å². The zero-order chi connectivity index (χ0) is 19.3. The maximum Gasteiger partial charge on any atom is 0.261 e. The monoisotopic (exact) mass is 388 g/mol. The summed E-state index contributed by atoms with van der Waals surface area (Å²) in [5, 5.41) is 0. The van der Waals surface area contributed by atoms with Crippen molar-refractivity contribution in [2.24, 2.45) is 0 Å². The van der Waals surface area contributed by atoms with Gasteiger partial charge >= 0.3 is 0 Å². The Bertz CT molecular complexity index is 833. The van der Waals surface area contributed by atoms with E-state index in [9.17, 15) is 8.42 Å². The third-order valence-corrected chi connectivity index (χ3v) is 6.39. The van der Waals surface area contributed by atoms with Crippen LogP contribution < -0.4 is 14.4 Å². The van der Waals surface area contributed by atoms with Crippen molar-refractivity contribution in [1.29, 1.82) is 0 Å². The number of piperidine rings is 1. The predicted molar refractivity (Wildman–Crippen MR) is 110 cm³/mol. The summed E-state index contributed by atoms with van der Waals surface area (Å²) in [6.07, 6.45) is 4.85. The summed E-state index contributed by atoms with van der Waals surface area (Å²) in [6, 6.07) is 14.7. The van der Waals surface area contributed by atoms with E-state index in [1.807, 2.05) is 31.2 Å². The molecule has 1 saturated heterocycles. The van der Waals surface area contributed by atoms with Gasteiger partial charge in [-0.25, -0.2) is 8.42 Å². The molecule has 1 unspecified atom stereocenters. The number of nitrogens with one attached hydrogen (secondary N) is 1. The molecule has 1 N–H and O–H groups in total. The zero-order valence-electron chi connectivity index (χ0n) is 16.0. The first kappa shape index (κ1) is 19.5. The lowest BCUT2D eigenvalue weighted by atomic mass is 9.99. The molecule has 0 aromatic heterocycles. The SMILES string of the molecule is CCOc1ccc(S(=O)(=O)Nc2ccc(N3CCCCC3CC)cc2)cc1. The largest absolute Gasteiger partial charge is 0.494 e. The number of nitrogens with zero attached hydrogens (tertiary/aromatic N) is 1. The zero-order valence-corrected chi connectivity index (χ0v) is 16.8. The molecule has 6 heteroatoms. The topological polar surface area (TPSA) is 58.6 Å². The molecule has 0 bridgehead atoms. The number of hydrogen-bond donors (Lipinski definition) is 1. The first-order valence-electron chi connectivity index (χ1n) is 9.66. The van der Waals surface area contributed by atoms with Crippen molar-refractivity contribution in [2.75, 3.05) is 22.8 Å². The van der Waals surface area contributed by atoms with Crippen molar-refractivity contribution in [1.82, 2.24) is 0 Å². The molecule has 0 saturated carbocycles. The van der Waals surface area contributed by atoms with E-state index in [1.165, 1.54) is 19.3 Å². The summed E-state index contributed by atoms with van der Waals surface area (Å²) in [4.78, 5) is 2.66. The molecule has 0 radical (unpaired) electrons. The van der Waals surface area contributed by atoms with Gasteiger partial charge in [0.2, 0.25) is 0 Å². The van der Waals surface area contributed by atoms with Gasteiger partial charge in [0, 0.05) is 24.0 Å². The molecule has 1 heterocycles. The maximum absolute atomic E-state index is 12.6. The fourth-order valence-electron chi connectivity index (χ4n) is 3.58. The normalized spacial score (nSPS) is 17.6. The lowest BCUT2D eigenvalue weighted by Crippen LogP contribution is -2.39.